The first-order valence-corrected chi connectivity index (χ1v) is 6.16. The molecule has 0 amide bonds. The summed E-state index contributed by atoms with van der Waals surface area (Å²) in [6.07, 6.45) is 0. The molecule has 3 aromatic rings. The SMILES string of the molecule is Cc1ccc(-n2nnnc2-c2ccc(F)c(N)c2)cc1F. The number of aromatic nitrogens is 4. The van der Waals surface area contributed by atoms with Crippen molar-refractivity contribution in [2.75, 3.05) is 5.73 Å². The van der Waals surface area contributed by atoms with Crippen LogP contribution in [-0.2, 0) is 0 Å². The first-order chi connectivity index (χ1) is 10.1. The summed E-state index contributed by atoms with van der Waals surface area (Å²) in [6.45, 7) is 1.67. The van der Waals surface area contributed by atoms with Crippen molar-refractivity contribution < 1.29 is 8.78 Å². The van der Waals surface area contributed by atoms with Crippen LogP contribution in [0.5, 0.6) is 0 Å². The molecule has 0 unspecified atom stereocenters. The van der Waals surface area contributed by atoms with E-state index >= 15 is 0 Å². The van der Waals surface area contributed by atoms with Crippen LogP contribution < -0.4 is 5.73 Å². The lowest BCUT2D eigenvalue weighted by Gasteiger charge is -2.06. The van der Waals surface area contributed by atoms with Gasteiger partial charge in [-0.25, -0.2) is 8.78 Å². The summed E-state index contributed by atoms with van der Waals surface area (Å²) in [6, 6.07) is 8.85. The van der Waals surface area contributed by atoms with Crippen molar-refractivity contribution in [3.05, 3.63) is 53.6 Å². The lowest BCUT2D eigenvalue weighted by Crippen LogP contribution is -2.01. The fourth-order valence-corrected chi connectivity index (χ4v) is 1.94. The third-order valence-corrected chi connectivity index (χ3v) is 3.12. The van der Waals surface area contributed by atoms with Gasteiger partial charge in [0.1, 0.15) is 11.6 Å². The number of nitrogens with zero attached hydrogens (tertiary/aromatic N) is 4. The topological polar surface area (TPSA) is 69.6 Å². The van der Waals surface area contributed by atoms with Gasteiger partial charge in [-0.3, -0.25) is 0 Å². The Labute approximate surface area is 119 Å². The molecule has 3 rings (SSSR count). The minimum atomic E-state index is -0.515. The van der Waals surface area contributed by atoms with Gasteiger partial charge in [-0.05, 0) is 53.2 Å². The largest absolute Gasteiger partial charge is 0.396 e. The Morgan fingerprint density at radius 3 is 2.57 bits per heavy atom. The van der Waals surface area contributed by atoms with E-state index in [-0.39, 0.29) is 11.5 Å². The minimum absolute atomic E-state index is 0.00265. The Hall–Kier alpha value is -2.83. The molecule has 0 spiro atoms. The van der Waals surface area contributed by atoms with Crippen LogP contribution in [-0.4, -0.2) is 20.2 Å². The van der Waals surface area contributed by atoms with E-state index in [9.17, 15) is 8.78 Å². The van der Waals surface area contributed by atoms with Crippen LogP contribution >= 0.6 is 0 Å². The summed E-state index contributed by atoms with van der Waals surface area (Å²) in [5.41, 5.74) is 7.09. The second kappa shape index (κ2) is 4.93. The highest BCUT2D eigenvalue weighted by molar-refractivity contribution is 5.62. The number of tetrazole rings is 1. The third kappa shape index (κ3) is 2.33. The molecule has 0 fully saturated rings. The highest BCUT2D eigenvalue weighted by atomic mass is 19.1. The second-order valence-electron chi connectivity index (χ2n) is 4.58. The summed E-state index contributed by atoms with van der Waals surface area (Å²) in [4.78, 5) is 0. The first kappa shape index (κ1) is 13.2. The summed E-state index contributed by atoms with van der Waals surface area (Å²) in [7, 11) is 0. The number of halogens is 2. The molecule has 1 aromatic heterocycles. The van der Waals surface area contributed by atoms with E-state index in [0.29, 0.717) is 22.6 Å². The number of nitrogens with two attached hydrogens (primary N) is 1. The average molecular weight is 287 g/mol. The molecule has 5 nitrogen and oxygen atoms in total. The van der Waals surface area contributed by atoms with Gasteiger partial charge in [-0.1, -0.05) is 6.07 Å². The van der Waals surface area contributed by atoms with Crippen molar-refractivity contribution in [2.45, 2.75) is 6.92 Å². The van der Waals surface area contributed by atoms with Crippen LogP contribution in [0.15, 0.2) is 36.4 Å². The molecule has 2 N–H and O–H groups in total. The number of rotatable bonds is 2. The van der Waals surface area contributed by atoms with Gasteiger partial charge in [0.15, 0.2) is 5.82 Å². The number of hydrogen-bond donors (Lipinski definition) is 1. The maximum atomic E-state index is 13.7. The Balaban J connectivity index is 2.12. The Bertz CT molecular complexity index is 747. The van der Waals surface area contributed by atoms with E-state index in [4.69, 9.17) is 5.73 Å². The molecule has 0 bridgehead atoms. The Kier molecular flexibility index (Phi) is 3.09. The quantitative estimate of drug-likeness (QED) is 0.735. The van der Waals surface area contributed by atoms with Crippen LogP contribution in [0, 0.1) is 18.6 Å². The number of benzene rings is 2. The van der Waals surface area contributed by atoms with Gasteiger partial charge >= 0.3 is 0 Å². The Morgan fingerprint density at radius 2 is 1.86 bits per heavy atom. The molecular formula is C14H11F2N5. The third-order valence-electron chi connectivity index (χ3n) is 3.12. The van der Waals surface area contributed by atoms with Gasteiger partial charge in [0.2, 0.25) is 0 Å². The smallest absolute Gasteiger partial charge is 0.187 e. The minimum Gasteiger partial charge on any atom is -0.396 e. The average Bonchev–Trinajstić information content (AvgIpc) is 2.94. The van der Waals surface area contributed by atoms with E-state index < -0.39 is 5.82 Å². The maximum absolute atomic E-state index is 13.7. The summed E-state index contributed by atoms with van der Waals surface area (Å²) >= 11 is 0. The zero-order chi connectivity index (χ0) is 15.0. The molecule has 7 heteroatoms. The molecule has 0 radical (unpaired) electrons. The van der Waals surface area contributed by atoms with Crippen LogP contribution in [0.4, 0.5) is 14.5 Å². The predicted octanol–water partition coefficient (Wildman–Crippen LogP) is 2.50. The van der Waals surface area contributed by atoms with Gasteiger partial charge in [0.25, 0.3) is 0 Å². The van der Waals surface area contributed by atoms with Crippen molar-refractivity contribution in [3.63, 3.8) is 0 Å². The second-order valence-corrected chi connectivity index (χ2v) is 4.58. The lowest BCUT2D eigenvalue weighted by molar-refractivity contribution is 0.615. The van der Waals surface area contributed by atoms with Gasteiger partial charge in [0, 0.05) is 5.56 Å². The molecular weight excluding hydrogens is 276 g/mol. The van der Waals surface area contributed by atoms with Crippen molar-refractivity contribution >= 4 is 5.69 Å². The van der Waals surface area contributed by atoms with Crippen LogP contribution in [0.3, 0.4) is 0 Å². The van der Waals surface area contributed by atoms with Crippen LogP contribution in [0.1, 0.15) is 5.56 Å². The summed E-state index contributed by atoms with van der Waals surface area (Å²) in [5, 5.41) is 11.3. The summed E-state index contributed by atoms with van der Waals surface area (Å²) in [5.74, 6) is -0.517. The first-order valence-electron chi connectivity index (χ1n) is 6.16. The molecule has 0 aliphatic rings. The van der Waals surface area contributed by atoms with Crippen LogP contribution in [0.25, 0.3) is 17.1 Å². The number of aryl methyl sites for hydroxylation is 1. The number of anilines is 1. The monoisotopic (exact) mass is 287 g/mol. The highest BCUT2D eigenvalue weighted by Crippen LogP contribution is 2.23. The lowest BCUT2D eigenvalue weighted by atomic mass is 10.1. The molecule has 21 heavy (non-hydrogen) atoms. The van der Waals surface area contributed by atoms with E-state index in [1.807, 2.05) is 0 Å². The fraction of sp³-hybridized carbons (Fsp3) is 0.0714. The zero-order valence-corrected chi connectivity index (χ0v) is 11.1. The van der Waals surface area contributed by atoms with E-state index in [1.165, 1.54) is 28.9 Å². The van der Waals surface area contributed by atoms with Crippen molar-refractivity contribution in [1.29, 1.82) is 0 Å². The van der Waals surface area contributed by atoms with E-state index in [0.717, 1.165) is 0 Å². The van der Waals surface area contributed by atoms with Crippen molar-refractivity contribution in [2.24, 2.45) is 0 Å². The molecule has 0 aliphatic carbocycles. The molecule has 0 aliphatic heterocycles. The molecule has 106 valence electrons. The van der Waals surface area contributed by atoms with E-state index in [1.54, 1.807) is 19.1 Å². The van der Waals surface area contributed by atoms with Gasteiger partial charge in [0.05, 0.1) is 11.4 Å². The van der Waals surface area contributed by atoms with Gasteiger partial charge in [-0.2, -0.15) is 4.68 Å². The van der Waals surface area contributed by atoms with E-state index in [2.05, 4.69) is 15.5 Å². The fourth-order valence-electron chi connectivity index (χ4n) is 1.94. The van der Waals surface area contributed by atoms with Crippen molar-refractivity contribution in [3.8, 4) is 17.1 Å². The number of nitrogen functional groups attached to an aromatic ring is 1. The maximum Gasteiger partial charge on any atom is 0.187 e. The zero-order valence-electron chi connectivity index (χ0n) is 11.1. The van der Waals surface area contributed by atoms with Gasteiger partial charge in [-0.15, -0.1) is 5.10 Å². The molecule has 1 heterocycles. The highest BCUT2D eigenvalue weighted by Gasteiger charge is 2.13. The summed E-state index contributed by atoms with van der Waals surface area (Å²) < 4.78 is 28.3. The molecule has 0 atom stereocenters. The Morgan fingerprint density at radius 1 is 1.05 bits per heavy atom. The standard InChI is InChI=1S/C14H11F2N5/c1-8-2-4-10(7-12(8)16)21-14(18-19-20-21)9-3-5-11(15)13(17)6-9/h2-7H,17H2,1H3. The molecule has 0 saturated carbocycles. The normalized spacial score (nSPS) is 10.8. The molecule has 2 aromatic carbocycles. The van der Waals surface area contributed by atoms with Crippen LogP contribution in [0.2, 0.25) is 0 Å². The molecule has 0 saturated heterocycles. The predicted molar refractivity (Wildman–Crippen MR) is 73.7 cm³/mol. The van der Waals surface area contributed by atoms with Gasteiger partial charge < -0.3 is 5.73 Å². The van der Waals surface area contributed by atoms with Crippen molar-refractivity contribution in [1.82, 2.24) is 20.2 Å². The number of hydrogen-bond acceptors (Lipinski definition) is 4.